The number of hydrogen-bond donors (Lipinski definition) is 0. The van der Waals surface area contributed by atoms with Crippen molar-refractivity contribution in [3.8, 4) is 0 Å². The fourth-order valence-corrected chi connectivity index (χ4v) is 3.86. The standard InChI is InChI=1S/C29H38N4O5/c1-28(2,3)37-26(35)30-25(32-19-17-31(18-20-32)23-15-11-8-12-16-23)33(27(36)38-29(4,5)6)21-24(34)22-13-9-7-10-14-22/h7-16H,17-21H2,1-6H3/b30-25+. The Balaban J connectivity index is 1.95. The van der Waals surface area contributed by atoms with Gasteiger partial charge in [0.2, 0.25) is 5.96 Å². The van der Waals surface area contributed by atoms with Crippen molar-refractivity contribution in [2.75, 3.05) is 37.6 Å². The Labute approximate surface area is 225 Å². The van der Waals surface area contributed by atoms with Gasteiger partial charge in [0.25, 0.3) is 0 Å². The fraction of sp³-hybridized carbons (Fsp3) is 0.448. The molecule has 1 aliphatic heterocycles. The highest BCUT2D eigenvalue weighted by Gasteiger charge is 2.34. The van der Waals surface area contributed by atoms with Gasteiger partial charge in [-0.25, -0.2) is 14.5 Å². The third-order valence-corrected chi connectivity index (χ3v) is 5.52. The normalized spacial score (nSPS) is 14.6. The molecule has 3 rings (SSSR count). The van der Waals surface area contributed by atoms with Gasteiger partial charge in [0.1, 0.15) is 11.2 Å². The molecule has 9 nitrogen and oxygen atoms in total. The highest BCUT2D eigenvalue weighted by molar-refractivity contribution is 6.05. The first-order valence-corrected chi connectivity index (χ1v) is 12.8. The number of ketones is 1. The Morgan fingerprint density at radius 2 is 1.32 bits per heavy atom. The van der Waals surface area contributed by atoms with E-state index in [9.17, 15) is 14.4 Å². The molecule has 1 aliphatic rings. The SMILES string of the molecule is CC(C)(C)OC(=O)/N=C(\N1CCN(c2ccccc2)CC1)N(CC(=O)c1ccccc1)C(=O)OC(C)(C)C. The molecule has 2 aromatic carbocycles. The van der Waals surface area contributed by atoms with Crippen LogP contribution in [0.25, 0.3) is 0 Å². The van der Waals surface area contributed by atoms with Crippen LogP contribution in [0.3, 0.4) is 0 Å². The quantitative estimate of drug-likeness (QED) is 0.309. The minimum absolute atomic E-state index is 0.0329. The van der Waals surface area contributed by atoms with Gasteiger partial charge in [-0.05, 0) is 53.7 Å². The molecule has 2 aromatic rings. The zero-order valence-corrected chi connectivity index (χ0v) is 23.1. The molecular formula is C29H38N4O5. The molecule has 0 N–H and O–H groups in total. The van der Waals surface area contributed by atoms with Crippen LogP contribution >= 0.6 is 0 Å². The fourth-order valence-electron chi connectivity index (χ4n) is 3.86. The molecule has 9 heteroatoms. The van der Waals surface area contributed by atoms with Crippen molar-refractivity contribution in [3.63, 3.8) is 0 Å². The van der Waals surface area contributed by atoms with Gasteiger partial charge in [-0.1, -0.05) is 48.5 Å². The summed E-state index contributed by atoms with van der Waals surface area (Å²) in [4.78, 5) is 48.9. The zero-order chi connectivity index (χ0) is 27.9. The topological polar surface area (TPSA) is 91.8 Å². The van der Waals surface area contributed by atoms with Crippen molar-refractivity contribution in [3.05, 3.63) is 66.2 Å². The van der Waals surface area contributed by atoms with Crippen LogP contribution < -0.4 is 4.90 Å². The molecule has 0 aliphatic carbocycles. The van der Waals surface area contributed by atoms with Crippen LogP contribution in [0.2, 0.25) is 0 Å². The number of carbonyl (C=O) groups is 3. The summed E-state index contributed by atoms with van der Waals surface area (Å²) < 4.78 is 11.1. The molecular weight excluding hydrogens is 484 g/mol. The van der Waals surface area contributed by atoms with Gasteiger partial charge in [-0.15, -0.1) is 4.99 Å². The lowest BCUT2D eigenvalue weighted by Gasteiger charge is -2.40. The van der Waals surface area contributed by atoms with Gasteiger partial charge in [-0.2, -0.15) is 0 Å². The highest BCUT2D eigenvalue weighted by atomic mass is 16.6. The molecule has 2 amide bonds. The number of carbonyl (C=O) groups excluding carboxylic acids is 3. The second kappa shape index (κ2) is 12.1. The van der Waals surface area contributed by atoms with E-state index in [0.29, 0.717) is 31.7 Å². The van der Waals surface area contributed by atoms with Crippen LogP contribution in [-0.4, -0.2) is 77.7 Å². The number of piperazine rings is 1. The smallest absolute Gasteiger partial charge is 0.437 e. The average Bonchev–Trinajstić information content (AvgIpc) is 2.85. The maximum Gasteiger partial charge on any atom is 0.437 e. The van der Waals surface area contributed by atoms with E-state index in [2.05, 4.69) is 9.89 Å². The summed E-state index contributed by atoms with van der Waals surface area (Å²) in [5.74, 6) is -0.276. The molecule has 1 heterocycles. The minimum Gasteiger partial charge on any atom is -0.443 e. The summed E-state index contributed by atoms with van der Waals surface area (Å²) in [6.07, 6.45) is -1.62. The molecule has 0 atom stereocenters. The number of nitrogens with zero attached hydrogens (tertiary/aromatic N) is 4. The number of hydrogen-bond acceptors (Lipinski definition) is 6. The zero-order valence-electron chi connectivity index (χ0n) is 23.1. The second-order valence-corrected chi connectivity index (χ2v) is 11.1. The van der Waals surface area contributed by atoms with Crippen LogP contribution in [0.5, 0.6) is 0 Å². The van der Waals surface area contributed by atoms with E-state index in [1.165, 1.54) is 0 Å². The number of ether oxygens (including phenoxy) is 2. The third-order valence-electron chi connectivity index (χ3n) is 5.52. The van der Waals surface area contributed by atoms with Gasteiger partial charge in [0.15, 0.2) is 5.78 Å². The Morgan fingerprint density at radius 3 is 1.84 bits per heavy atom. The molecule has 1 saturated heterocycles. The van der Waals surface area contributed by atoms with Gasteiger partial charge in [0, 0.05) is 37.4 Å². The predicted octanol–water partition coefficient (Wildman–Crippen LogP) is 5.22. The number of para-hydroxylation sites is 1. The molecule has 0 unspecified atom stereocenters. The Hall–Kier alpha value is -3.88. The van der Waals surface area contributed by atoms with Crippen molar-refractivity contribution in [2.45, 2.75) is 52.7 Å². The molecule has 0 aromatic heterocycles. The van der Waals surface area contributed by atoms with Crippen molar-refractivity contribution in [1.82, 2.24) is 9.80 Å². The molecule has 1 fully saturated rings. The summed E-state index contributed by atoms with van der Waals surface area (Å²) in [5, 5.41) is 0. The lowest BCUT2D eigenvalue weighted by Crippen LogP contribution is -2.56. The monoisotopic (exact) mass is 522 g/mol. The van der Waals surface area contributed by atoms with Crippen molar-refractivity contribution >= 4 is 29.6 Å². The number of amides is 2. The number of benzene rings is 2. The molecule has 0 bridgehead atoms. The summed E-state index contributed by atoms with van der Waals surface area (Å²) in [6, 6.07) is 18.7. The van der Waals surface area contributed by atoms with Gasteiger partial charge < -0.3 is 19.3 Å². The average molecular weight is 523 g/mol. The second-order valence-electron chi connectivity index (χ2n) is 11.1. The van der Waals surface area contributed by atoms with Crippen molar-refractivity contribution in [1.29, 1.82) is 0 Å². The predicted molar refractivity (Wildman–Crippen MR) is 148 cm³/mol. The van der Waals surface area contributed by atoms with Crippen LogP contribution in [-0.2, 0) is 9.47 Å². The molecule has 38 heavy (non-hydrogen) atoms. The highest BCUT2D eigenvalue weighted by Crippen LogP contribution is 2.19. The van der Waals surface area contributed by atoms with Crippen molar-refractivity contribution < 1.29 is 23.9 Å². The number of rotatable bonds is 4. The number of aliphatic imine (C=N–C) groups is 1. The summed E-state index contributed by atoms with van der Waals surface area (Å²) in [7, 11) is 0. The Bertz CT molecular complexity index is 1130. The lowest BCUT2D eigenvalue weighted by molar-refractivity contribution is 0.0339. The van der Waals surface area contributed by atoms with E-state index in [-0.39, 0.29) is 18.3 Å². The maximum atomic E-state index is 13.4. The van der Waals surface area contributed by atoms with Gasteiger partial charge in [-0.3, -0.25) is 4.79 Å². The number of Topliss-reactive ketones (excluding diaryl/α,β-unsaturated/α-hetero) is 1. The molecule has 204 valence electrons. The molecule has 0 spiro atoms. The van der Waals surface area contributed by atoms with Crippen molar-refractivity contribution in [2.24, 2.45) is 4.99 Å². The van der Waals surface area contributed by atoms with Gasteiger partial charge in [0.05, 0.1) is 6.54 Å². The van der Waals surface area contributed by atoms with E-state index in [1.54, 1.807) is 65.8 Å². The lowest BCUT2D eigenvalue weighted by atomic mass is 10.1. The third kappa shape index (κ3) is 8.61. The Kier molecular flexibility index (Phi) is 9.14. The van der Waals surface area contributed by atoms with E-state index in [1.807, 2.05) is 41.3 Å². The molecule has 0 radical (unpaired) electrons. The number of guanidine groups is 1. The summed E-state index contributed by atoms with van der Waals surface area (Å²) >= 11 is 0. The van der Waals surface area contributed by atoms with Crippen LogP contribution in [0, 0.1) is 0 Å². The van der Waals surface area contributed by atoms with E-state index in [0.717, 1.165) is 10.6 Å². The number of anilines is 1. The first kappa shape index (κ1) is 28.7. The van der Waals surface area contributed by atoms with E-state index < -0.39 is 23.4 Å². The van der Waals surface area contributed by atoms with E-state index >= 15 is 0 Å². The van der Waals surface area contributed by atoms with E-state index in [4.69, 9.17) is 9.47 Å². The van der Waals surface area contributed by atoms with Crippen LogP contribution in [0.15, 0.2) is 65.7 Å². The summed E-state index contributed by atoms with van der Waals surface area (Å²) in [5.41, 5.74) is -0.0877. The van der Waals surface area contributed by atoms with Crippen LogP contribution in [0.4, 0.5) is 15.3 Å². The van der Waals surface area contributed by atoms with Crippen LogP contribution in [0.1, 0.15) is 51.9 Å². The molecule has 0 saturated carbocycles. The first-order chi connectivity index (χ1) is 17.8. The first-order valence-electron chi connectivity index (χ1n) is 12.8. The van der Waals surface area contributed by atoms with Gasteiger partial charge >= 0.3 is 12.2 Å². The minimum atomic E-state index is -0.848. The summed E-state index contributed by atoms with van der Waals surface area (Å²) in [6.45, 7) is 12.3. The largest absolute Gasteiger partial charge is 0.443 e. The Morgan fingerprint density at radius 1 is 0.789 bits per heavy atom. The maximum absolute atomic E-state index is 13.4.